The first kappa shape index (κ1) is 35.4. The molecule has 0 bridgehead atoms. The number of aliphatic hydroxyl groups is 1. The second-order valence-corrected chi connectivity index (χ2v) is 12.7. The molecular formula is C38H41Cl2NO7. The zero-order valence-electron chi connectivity index (χ0n) is 27.6. The van der Waals surface area contributed by atoms with Gasteiger partial charge in [-0.05, 0) is 78.7 Å². The van der Waals surface area contributed by atoms with Crippen LogP contribution in [0.5, 0.6) is 23.0 Å². The van der Waals surface area contributed by atoms with Crippen molar-refractivity contribution in [3.05, 3.63) is 104 Å². The minimum atomic E-state index is -0.802. The lowest BCUT2D eigenvalue weighted by Crippen LogP contribution is -2.44. The summed E-state index contributed by atoms with van der Waals surface area (Å²) < 4.78 is 23.4. The number of nitrogens with zero attached hydrogens (tertiary/aromatic N) is 1. The summed E-state index contributed by atoms with van der Waals surface area (Å²) in [5.41, 5.74) is 7.75. The number of likely N-dealkylation sites (tertiary alicyclic amines) is 1. The minimum Gasteiger partial charge on any atom is -0.496 e. The molecule has 0 radical (unpaired) electrons. The summed E-state index contributed by atoms with van der Waals surface area (Å²) in [6.45, 7) is 5.70. The number of carboxylic acid groups (broad SMARTS) is 1. The van der Waals surface area contributed by atoms with E-state index in [0.29, 0.717) is 71.3 Å². The molecule has 5 rings (SSSR count). The Kier molecular flexibility index (Phi) is 11.8. The van der Waals surface area contributed by atoms with E-state index >= 15 is 0 Å². The van der Waals surface area contributed by atoms with Gasteiger partial charge in [0.25, 0.3) is 0 Å². The predicted molar refractivity (Wildman–Crippen MR) is 188 cm³/mol. The van der Waals surface area contributed by atoms with Crippen molar-refractivity contribution in [2.75, 3.05) is 20.8 Å². The maximum absolute atomic E-state index is 11.8. The van der Waals surface area contributed by atoms with Crippen molar-refractivity contribution in [3.8, 4) is 34.1 Å². The molecule has 1 heterocycles. The first-order valence-electron chi connectivity index (χ1n) is 15.9. The minimum absolute atomic E-state index is 0.184. The van der Waals surface area contributed by atoms with E-state index in [1.807, 2.05) is 35.2 Å². The molecule has 1 aliphatic heterocycles. The van der Waals surface area contributed by atoms with Crippen molar-refractivity contribution in [3.63, 3.8) is 0 Å². The van der Waals surface area contributed by atoms with Crippen molar-refractivity contribution in [2.24, 2.45) is 0 Å². The monoisotopic (exact) mass is 693 g/mol. The number of piperidine rings is 1. The molecule has 0 aromatic heterocycles. The van der Waals surface area contributed by atoms with E-state index in [9.17, 15) is 15.0 Å². The standard InChI is InChI=1S/C38H41Cl2NO7/c1-23-25(21-47-36-17-34(45-3)27(15-31(36)39)19-41-14-6-5-13-33(41)38(43)44)9-7-11-29(23)30-12-8-10-26(24(30)2)22-48-37-18-35(46-4)28(20-42)16-32(37)40/h7-12,15-18,33,42H,5-6,13-14,19-22H2,1-4H3,(H,43,44)/t33-/m0/s1. The Labute approximate surface area is 291 Å². The van der Waals surface area contributed by atoms with Crippen LogP contribution in [0.25, 0.3) is 11.1 Å². The van der Waals surface area contributed by atoms with Crippen LogP contribution in [0.1, 0.15) is 52.6 Å². The highest BCUT2D eigenvalue weighted by atomic mass is 35.5. The number of methoxy groups -OCH3 is 2. The molecule has 2 N–H and O–H groups in total. The fraction of sp³-hybridized carbons (Fsp3) is 0.342. The third kappa shape index (κ3) is 7.84. The average Bonchev–Trinajstić information content (AvgIpc) is 3.08. The van der Waals surface area contributed by atoms with Crippen molar-refractivity contribution < 1.29 is 34.0 Å². The van der Waals surface area contributed by atoms with Crippen LogP contribution in [-0.2, 0) is 31.2 Å². The summed E-state index contributed by atoms with van der Waals surface area (Å²) in [6, 6.07) is 18.7. The first-order valence-corrected chi connectivity index (χ1v) is 16.6. The highest BCUT2D eigenvalue weighted by molar-refractivity contribution is 6.32. The van der Waals surface area contributed by atoms with Crippen LogP contribution >= 0.6 is 23.2 Å². The number of carbonyl (C=O) groups is 1. The topological polar surface area (TPSA) is 97.7 Å². The summed E-state index contributed by atoms with van der Waals surface area (Å²) >= 11 is 13.1. The SMILES string of the molecule is COc1cc(OCc2cccc(-c3cccc(COc4cc(OC)c(CN5CCCC[C@H]5C(=O)O)cc4Cl)c3C)c2C)c(Cl)cc1CO. The smallest absolute Gasteiger partial charge is 0.320 e. The molecule has 10 heteroatoms. The van der Waals surface area contributed by atoms with E-state index in [4.69, 9.17) is 42.1 Å². The fourth-order valence-electron chi connectivity index (χ4n) is 6.25. The Morgan fingerprint density at radius 1 is 0.771 bits per heavy atom. The summed E-state index contributed by atoms with van der Waals surface area (Å²) in [5.74, 6) is 1.29. The molecule has 1 atom stereocenters. The van der Waals surface area contributed by atoms with E-state index in [2.05, 4.69) is 26.0 Å². The molecule has 4 aromatic rings. The quantitative estimate of drug-likeness (QED) is 0.144. The molecule has 1 saturated heterocycles. The molecular weight excluding hydrogens is 653 g/mol. The maximum Gasteiger partial charge on any atom is 0.320 e. The van der Waals surface area contributed by atoms with Crippen LogP contribution in [0, 0.1) is 13.8 Å². The van der Waals surface area contributed by atoms with E-state index < -0.39 is 12.0 Å². The van der Waals surface area contributed by atoms with E-state index in [1.165, 1.54) is 0 Å². The average molecular weight is 695 g/mol. The Morgan fingerprint density at radius 2 is 1.29 bits per heavy atom. The number of carboxylic acids is 1. The van der Waals surface area contributed by atoms with Crippen molar-refractivity contribution in [1.29, 1.82) is 0 Å². The largest absolute Gasteiger partial charge is 0.496 e. The summed E-state index contributed by atoms with van der Waals surface area (Å²) in [5, 5.41) is 20.1. The highest BCUT2D eigenvalue weighted by Crippen LogP contribution is 2.37. The predicted octanol–water partition coefficient (Wildman–Crippen LogP) is 8.38. The van der Waals surface area contributed by atoms with Gasteiger partial charge in [0.2, 0.25) is 0 Å². The summed E-state index contributed by atoms with van der Waals surface area (Å²) in [6.07, 6.45) is 2.50. The lowest BCUT2D eigenvalue weighted by molar-refractivity contribution is -0.144. The Bertz CT molecular complexity index is 1780. The second-order valence-electron chi connectivity index (χ2n) is 11.9. The van der Waals surface area contributed by atoms with Gasteiger partial charge < -0.3 is 29.2 Å². The first-order chi connectivity index (χ1) is 23.1. The van der Waals surface area contributed by atoms with Crippen LogP contribution in [-0.4, -0.2) is 47.9 Å². The maximum atomic E-state index is 11.8. The number of rotatable bonds is 13. The van der Waals surface area contributed by atoms with Gasteiger partial charge in [-0.3, -0.25) is 9.69 Å². The fourth-order valence-corrected chi connectivity index (χ4v) is 6.73. The number of halogens is 2. The van der Waals surface area contributed by atoms with Gasteiger partial charge in [-0.15, -0.1) is 0 Å². The lowest BCUT2D eigenvalue weighted by atomic mass is 9.92. The molecule has 1 fully saturated rings. The normalized spacial score (nSPS) is 14.9. The van der Waals surface area contributed by atoms with Crippen molar-refractivity contribution in [2.45, 2.75) is 65.5 Å². The number of benzene rings is 4. The highest BCUT2D eigenvalue weighted by Gasteiger charge is 2.29. The van der Waals surface area contributed by atoms with Gasteiger partial charge in [0.05, 0.1) is 30.9 Å². The second kappa shape index (κ2) is 16.0. The summed E-state index contributed by atoms with van der Waals surface area (Å²) in [4.78, 5) is 13.8. The van der Waals surface area contributed by atoms with E-state index in [0.717, 1.165) is 51.8 Å². The third-order valence-corrected chi connectivity index (χ3v) is 9.65. The molecule has 0 spiro atoms. The van der Waals surface area contributed by atoms with Gasteiger partial charge in [-0.2, -0.15) is 0 Å². The van der Waals surface area contributed by atoms with Gasteiger partial charge in [0, 0.05) is 29.8 Å². The van der Waals surface area contributed by atoms with Crippen LogP contribution in [0.4, 0.5) is 0 Å². The lowest BCUT2D eigenvalue weighted by Gasteiger charge is -2.33. The number of aliphatic hydroxyl groups excluding tert-OH is 1. The van der Waals surface area contributed by atoms with Gasteiger partial charge in [0.15, 0.2) is 0 Å². The number of hydrogen-bond donors (Lipinski definition) is 2. The van der Waals surface area contributed by atoms with Crippen molar-refractivity contribution in [1.82, 2.24) is 4.90 Å². The zero-order chi connectivity index (χ0) is 34.4. The molecule has 0 amide bonds. The van der Waals surface area contributed by atoms with Crippen LogP contribution in [0.2, 0.25) is 10.0 Å². The molecule has 1 aliphatic rings. The van der Waals surface area contributed by atoms with E-state index in [-0.39, 0.29) is 6.61 Å². The van der Waals surface area contributed by atoms with Gasteiger partial charge in [0.1, 0.15) is 42.3 Å². The number of hydrogen-bond acceptors (Lipinski definition) is 7. The molecule has 4 aromatic carbocycles. The Hall–Kier alpha value is -3.95. The Morgan fingerprint density at radius 3 is 1.79 bits per heavy atom. The molecule has 0 unspecified atom stereocenters. The Balaban J connectivity index is 1.32. The molecule has 48 heavy (non-hydrogen) atoms. The van der Waals surface area contributed by atoms with E-state index in [1.54, 1.807) is 32.4 Å². The zero-order valence-corrected chi connectivity index (χ0v) is 29.2. The van der Waals surface area contributed by atoms with Crippen LogP contribution in [0.3, 0.4) is 0 Å². The number of ether oxygens (including phenoxy) is 4. The molecule has 0 saturated carbocycles. The molecule has 0 aliphatic carbocycles. The van der Waals surface area contributed by atoms with Gasteiger partial charge in [-0.25, -0.2) is 0 Å². The van der Waals surface area contributed by atoms with Crippen LogP contribution < -0.4 is 18.9 Å². The van der Waals surface area contributed by atoms with Crippen LogP contribution in [0.15, 0.2) is 60.7 Å². The molecule has 8 nitrogen and oxygen atoms in total. The number of aliphatic carboxylic acids is 1. The summed E-state index contributed by atoms with van der Waals surface area (Å²) in [7, 11) is 3.13. The molecule has 254 valence electrons. The third-order valence-electron chi connectivity index (χ3n) is 9.06. The van der Waals surface area contributed by atoms with Gasteiger partial charge in [-0.1, -0.05) is 66.0 Å². The van der Waals surface area contributed by atoms with Crippen molar-refractivity contribution >= 4 is 29.2 Å². The van der Waals surface area contributed by atoms with Gasteiger partial charge >= 0.3 is 5.97 Å².